The number of benzene rings is 2. The Morgan fingerprint density at radius 1 is 1.07 bits per heavy atom. The first-order valence-corrected chi connectivity index (χ1v) is 10.2. The van der Waals surface area contributed by atoms with Crippen LogP contribution in [0.25, 0.3) is 11.2 Å². The van der Waals surface area contributed by atoms with E-state index in [9.17, 15) is 4.79 Å². The number of hydrogen-bond acceptors (Lipinski definition) is 6. The van der Waals surface area contributed by atoms with E-state index in [-0.39, 0.29) is 11.1 Å². The molecule has 0 fully saturated rings. The number of halogens is 1. The molecule has 0 saturated carbocycles. The first-order chi connectivity index (χ1) is 14.2. The molecule has 6 nitrogen and oxygen atoms in total. The molecular weight excluding hydrogens is 408 g/mol. The summed E-state index contributed by atoms with van der Waals surface area (Å²) >= 11 is 7.44. The predicted molar refractivity (Wildman–Crippen MR) is 115 cm³/mol. The van der Waals surface area contributed by atoms with Gasteiger partial charge in [0.05, 0.1) is 13.7 Å². The molecule has 0 aliphatic carbocycles. The first kappa shape index (κ1) is 19.4. The van der Waals surface area contributed by atoms with Crippen molar-refractivity contribution in [2.45, 2.75) is 17.5 Å². The molecule has 4 aromatic rings. The maximum absolute atomic E-state index is 13.2. The van der Waals surface area contributed by atoms with Crippen LogP contribution in [0.15, 0.2) is 70.9 Å². The van der Waals surface area contributed by atoms with Gasteiger partial charge in [-0.15, -0.1) is 0 Å². The smallest absolute Gasteiger partial charge is 0.282 e. The van der Waals surface area contributed by atoms with Crippen LogP contribution in [0.5, 0.6) is 5.75 Å². The van der Waals surface area contributed by atoms with Gasteiger partial charge >= 0.3 is 0 Å². The number of thioether (sulfide) groups is 1. The normalized spacial score (nSPS) is 11.0. The second kappa shape index (κ2) is 8.63. The number of rotatable bonds is 6. The molecule has 0 radical (unpaired) electrons. The predicted octanol–water partition coefficient (Wildman–Crippen LogP) is 4.19. The van der Waals surface area contributed by atoms with Gasteiger partial charge in [-0.1, -0.05) is 53.7 Å². The minimum atomic E-state index is -0.229. The molecule has 0 N–H and O–H groups in total. The zero-order valence-electron chi connectivity index (χ0n) is 15.6. The zero-order valence-corrected chi connectivity index (χ0v) is 17.2. The first-order valence-electron chi connectivity index (χ1n) is 8.86. The molecule has 146 valence electrons. The number of hydrogen-bond donors (Lipinski definition) is 0. The average Bonchev–Trinajstić information content (AvgIpc) is 2.76. The van der Waals surface area contributed by atoms with Crippen LogP contribution in [-0.4, -0.2) is 26.6 Å². The fraction of sp³-hybridized carbons (Fsp3) is 0.143. The van der Waals surface area contributed by atoms with Gasteiger partial charge in [0, 0.05) is 28.7 Å². The Bertz CT molecular complexity index is 1210. The van der Waals surface area contributed by atoms with Crippen molar-refractivity contribution in [2.24, 2.45) is 0 Å². The van der Waals surface area contributed by atoms with Crippen molar-refractivity contribution in [3.63, 3.8) is 0 Å². The van der Waals surface area contributed by atoms with Crippen LogP contribution in [-0.2, 0) is 12.3 Å². The second-order valence-corrected chi connectivity index (χ2v) is 7.62. The number of aromatic nitrogens is 4. The number of para-hydroxylation sites is 1. The van der Waals surface area contributed by atoms with E-state index in [1.807, 2.05) is 48.5 Å². The van der Waals surface area contributed by atoms with Crippen molar-refractivity contribution in [1.29, 1.82) is 0 Å². The molecule has 0 aliphatic heterocycles. The Hall–Kier alpha value is -2.90. The van der Waals surface area contributed by atoms with E-state index in [1.54, 1.807) is 11.7 Å². The van der Waals surface area contributed by atoms with Gasteiger partial charge in [-0.05, 0) is 23.8 Å². The Morgan fingerprint density at radius 2 is 1.83 bits per heavy atom. The quantitative estimate of drug-likeness (QED) is 0.341. The standard InChI is InChI=1S/C21H17ClN4O2S/c1-28-17-5-3-2-4-15(17)12-26-20(27)18-19(24-11-10-23-18)25-21(26)29-13-14-6-8-16(22)9-7-14/h2-11H,12-13H2,1H3. The van der Waals surface area contributed by atoms with Crippen LogP contribution >= 0.6 is 23.4 Å². The molecule has 2 aromatic heterocycles. The topological polar surface area (TPSA) is 69.9 Å². The summed E-state index contributed by atoms with van der Waals surface area (Å²) in [7, 11) is 1.61. The van der Waals surface area contributed by atoms with Crippen LogP contribution in [0.2, 0.25) is 5.02 Å². The van der Waals surface area contributed by atoms with E-state index in [0.29, 0.717) is 33.9 Å². The highest BCUT2D eigenvalue weighted by atomic mass is 35.5. The van der Waals surface area contributed by atoms with Crippen molar-refractivity contribution >= 4 is 34.5 Å². The van der Waals surface area contributed by atoms with Crippen LogP contribution in [0, 0.1) is 0 Å². The third kappa shape index (κ3) is 4.26. The van der Waals surface area contributed by atoms with Crippen molar-refractivity contribution in [2.75, 3.05) is 7.11 Å². The Balaban J connectivity index is 1.75. The van der Waals surface area contributed by atoms with Gasteiger partial charge in [-0.2, -0.15) is 0 Å². The van der Waals surface area contributed by atoms with E-state index in [0.717, 1.165) is 11.1 Å². The van der Waals surface area contributed by atoms with Crippen LogP contribution < -0.4 is 10.3 Å². The summed E-state index contributed by atoms with van der Waals surface area (Å²) < 4.78 is 7.06. The summed E-state index contributed by atoms with van der Waals surface area (Å²) in [5, 5.41) is 1.26. The molecule has 0 amide bonds. The molecule has 0 bridgehead atoms. The molecule has 0 spiro atoms. The third-order valence-corrected chi connectivity index (χ3v) is 5.66. The van der Waals surface area contributed by atoms with Gasteiger partial charge in [0.2, 0.25) is 0 Å². The highest BCUT2D eigenvalue weighted by Crippen LogP contribution is 2.25. The molecule has 0 aliphatic rings. The Kier molecular flexibility index (Phi) is 5.78. The summed E-state index contributed by atoms with van der Waals surface area (Å²) in [6.45, 7) is 0.325. The van der Waals surface area contributed by atoms with E-state index in [1.165, 1.54) is 24.2 Å². The molecule has 4 rings (SSSR count). The van der Waals surface area contributed by atoms with Crippen molar-refractivity contribution in [3.8, 4) is 5.75 Å². The summed E-state index contributed by atoms with van der Waals surface area (Å²) in [6, 6.07) is 15.2. The van der Waals surface area contributed by atoms with E-state index in [2.05, 4.69) is 15.0 Å². The third-order valence-electron chi connectivity index (χ3n) is 4.36. The highest BCUT2D eigenvalue weighted by molar-refractivity contribution is 7.98. The molecule has 8 heteroatoms. The maximum atomic E-state index is 13.2. The van der Waals surface area contributed by atoms with Crippen molar-refractivity contribution in [3.05, 3.63) is 87.4 Å². The molecule has 29 heavy (non-hydrogen) atoms. The van der Waals surface area contributed by atoms with Crippen LogP contribution in [0.3, 0.4) is 0 Å². The fourth-order valence-corrected chi connectivity index (χ4v) is 3.98. The molecule has 0 atom stereocenters. The van der Waals surface area contributed by atoms with Crippen molar-refractivity contribution < 1.29 is 4.74 Å². The van der Waals surface area contributed by atoms with Crippen LogP contribution in [0.1, 0.15) is 11.1 Å². The maximum Gasteiger partial charge on any atom is 0.282 e. The summed E-state index contributed by atoms with van der Waals surface area (Å²) in [5.74, 6) is 1.36. The van der Waals surface area contributed by atoms with E-state index >= 15 is 0 Å². The Morgan fingerprint density at radius 3 is 2.62 bits per heavy atom. The molecule has 2 aromatic carbocycles. The lowest BCUT2D eigenvalue weighted by atomic mass is 10.2. The minimum Gasteiger partial charge on any atom is -0.496 e. The fourth-order valence-electron chi connectivity index (χ4n) is 2.91. The monoisotopic (exact) mass is 424 g/mol. The largest absolute Gasteiger partial charge is 0.496 e. The van der Waals surface area contributed by atoms with Crippen molar-refractivity contribution in [1.82, 2.24) is 19.5 Å². The van der Waals surface area contributed by atoms with Gasteiger partial charge in [-0.25, -0.2) is 15.0 Å². The van der Waals surface area contributed by atoms with Gasteiger partial charge < -0.3 is 4.74 Å². The number of nitrogens with zero attached hydrogens (tertiary/aromatic N) is 4. The van der Waals surface area contributed by atoms with Gasteiger partial charge in [0.25, 0.3) is 5.56 Å². The van der Waals surface area contributed by atoms with E-state index in [4.69, 9.17) is 16.3 Å². The molecule has 0 saturated heterocycles. The SMILES string of the molecule is COc1ccccc1Cn1c(SCc2ccc(Cl)cc2)nc2nccnc2c1=O. The summed E-state index contributed by atoms with van der Waals surface area (Å²) in [5.41, 5.74) is 2.32. The Labute approximate surface area is 176 Å². The summed E-state index contributed by atoms with van der Waals surface area (Å²) in [6.07, 6.45) is 3.03. The van der Waals surface area contributed by atoms with Gasteiger partial charge in [0.1, 0.15) is 5.75 Å². The minimum absolute atomic E-state index is 0.229. The molecule has 0 unspecified atom stereocenters. The van der Waals surface area contributed by atoms with Crippen LogP contribution in [0.4, 0.5) is 0 Å². The highest BCUT2D eigenvalue weighted by Gasteiger charge is 2.15. The average molecular weight is 425 g/mol. The lowest BCUT2D eigenvalue weighted by Gasteiger charge is -2.14. The second-order valence-electron chi connectivity index (χ2n) is 6.24. The molecule has 2 heterocycles. The number of fused-ring (bicyclic) bond motifs is 1. The van der Waals surface area contributed by atoms with E-state index < -0.39 is 0 Å². The van der Waals surface area contributed by atoms with Gasteiger partial charge in [-0.3, -0.25) is 9.36 Å². The lowest BCUT2D eigenvalue weighted by molar-refractivity contribution is 0.407. The van der Waals surface area contributed by atoms with Gasteiger partial charge in [0.15, 0.2) is 16.3 Å². The lowest BCUT2D eigenvalue weighted by Crippen LogP contribution is -2.25. The summed E-state index contributed by atoms with van der Waals surface area (Å²) in [4.78, 5) is 26.2. The number of ether oxygens (including phenoxy) is 1. The number of methoxy groups -OCH3 is 1. The zero-order chi connectivity index (χ0) is 20.2. The molecular formula is C21H17ClN4O2S.